The zero-order chi connectivity index (χ0) is 7.14. The lowest BCUT2D eigenvalue weighted by Crippen LogP contribution is -2.55. The minimum atomic E-state index is -0.307. The highest BCUT2D eigenvalue weighted by molar-refractivity contribution is 4.99. The molecule has 4 N–H and O–H groups in total. The Kier molecular flexibility index (Phi) is 1.44. The van der Waals surface area contributed by atoms with Crippen molar-refractivity contribution >= 4 is 0 Å². The van der Waals surface area contributed by atoms with Crippen molar-refractivity contribution in [3.8, 4) is 0 Å². The monoisotopic (exact) mass is 142 g/mol. The second kappa shape index (κ2) is 2.19. The predicted molar refractivity (Wildman–Crippen MR) is 38.5 cm³/mol. The van der Waals surface area contributed by atoms with E-state index in [4.69, 9.17) is 5.73 Å². The van der Waals surface area contributed by atoms with E-state index in [2.05, 4.69) is 5.32 Å². The average Bonchev–Trinajstić information content (AvgIpc) is 2.29. The van der Waals surface area contributed by atoms with E-state index in [1.165, 1.54) is 6.42 Å². The Labute approximate surface area is 60.6 Å². The van der Waals surface area contributed by atoms with Gasteiger partial charge in [-0.15, -0.1) is 0 Å². The summed E-state index contributed by atoms with van der Waals surface area (Å²) in [5.41, 5.74) is 5.71. The summed E-state index contributed by atoms with van der Waals surface area (Å²) in [6.07, 6.45) is 2.92. The van der Waals surface area contributed by atoms with Gasteiger partial charge in [0.05, 0.1) is 6.10 Å². The molecule has 2 fully saturated rings. The van der Waals surface area contributed by atoms with Gasteiger partial charge in [0.25, 0.3) is 0 Å². The molecule has 0 aromatic rings. The van der Waals surface area contributed by atoms with E-state index in [-0.39, 0.29) is 18.2 Å². The van der Waals surface area contributed by atoms with Crippen LogP contribution in [0.4, 0.5) is 0 Å². The Morgan fingerprint density at radius 2 is 2.20 bits per heavy atom. The SMILES string of the molecule is NC1CC2CCC(N2)C1O. The quantitative estimate of drug-likeness (QED) is 0.415. The molecule has 58 valence electrons. The van der Waals surface area contributed by atoms with E-state index >= 15 is 0 Å². The zero-order valence-electron chi connectivity index (χ0n) is 5.96. The minimum Gasteiger partial charge on any atom is -0.390 e. The first-order chi connectivity index (χ1) is 4.77. The van der Waals surface area contributed by atoms with Gasteiger partial charge in [-0.3, -0.25) is 0 Å². The van der Waals surface area contributed by atoms with Gasteiger partial charge in [0, 0.05) is 18.1 Å². The molecule has 4 atom stereocenters. The molecular formula is C7H14N2O. The van der Waals surface area contributed by atoms with Gasteiger partial charge in [-0.25, -0.2) is 0 Å². The molecule has 2 heterocycles. The van der Waals surface area contributed by atoms with Gasteiger partial charge in [-0.2, -0.15) is 0 Å². The van der Waals surface area contributed by atoms with Crippen LogP contribution >= 0.6 is 0 Å². The highest BCUT2D eigenvalue weighted by atomic mass is 16.3. The molecule has 2 rings (SSSR count). The number of rotatable bonds is 0. The van der Waals surface area contributed by atoms with Crippen molar-refractivity contribution in [3.05, 3.63) is 0 Å². The molecule has 4 unspecified atom stereocenters. The molecule has 0 aromatic heterocycles. The molecule has 3 nitrogen and oxygen atoms in total. The molecule has 10 heavy (non-hydrogen) atoms. The lowest BCUT2D eigenvalue weighted by Gasteiger charge is -2.31. The van der Waals surface area contributed by atoms with Crippen LogP contribution in [0.5, 0.6) is 0 Å². The van der Waals surface area contributed by atoms with Crippen molar-refractivity contribution < 1.29 is 5.11 Å². The third-order valence-electron chi connectivity index (χ3n) is 2.68. The predicted octanol–water partition coefficient (Wildman–Crippen LogP) is -0.801. The van der Waals surface area contributed by atoms with Crippen molar-refractivity contribution in [2.45, 2.75) is 43.5 Å². The van der Waals surface area contributed by atoms with Gasteiger partial charge in [0.15, 0.2) is 0 Å². The molecule has 2 saturated heterocycles. The molecular weight excluding hydrogens is 128 g/mol. The normalized spacial score (nSPS) is 53.4. The van der Waals surface area contributed by atoms with Crippen molar-refractivity contribution in [2.75, 3.05) is 0 Å². The third kappa shape index (κ3) is 0.856. The lowest BCUT2D eigenvalue weighted by molar-refractivity contribution is 0.0830. The second-order valence-corrected chi connectivity index (χ2v) is 3.44. The van der Waals surface area contributed by atoms with Gasteiger partial charge in [-0.05, 0) is 19.3 Å². The van der Waals surface area contributed by atoms with Crippen LogP contribution < -0.4 is 11.1 Å². The number of piperidine rings is 1. The van der Waals surface area contributed by atoms with Gasteiger partial charge in [0.2, 0.25) is 0 Å². The summed E-state index contributed by atoms with van der Waals surface area (Å²) in [5.74, 6) is 0. The number of hydrogen-bond acceptors (Lipinski definition) is 3. The molecule has 2 aliphatic rings. The smallest absolute Gasteiger partial charge is 0.0844 e. The topological polar surface area (TPSA) is 58.3 Å². The largest absolute Gasteiger partial charge is 0.390 e. The summed E-state index contributed by atoms with van der Waals surface area (Å²) in [4.78, 5) is 0. The summed E-state index contributed by atoms with van der Waals surface area (Å²) in [5, 5.41) is 12.8. The van der Waals surface area contributed by atoms with Gasteiger partial charge >= 0.3 is 0 Å². The molecule has 3 heteroatoms. The Morgan fingerprint density at radius 3 is 3.00 bits per heavy atom. The van der Waals surface area contributed by atoms with Crippen LogP contribution in [0.2, 0.25) is 0 Å². The molecule has 0 amide bonds. The molecule has 2 bridgehead atoms. The fraction of sp³-hybridized carbons (Fsp3) is 1.00. The van der Waals surface area contributed by atoms with Crippen LogP contribution in [0, 0.1) is 0 Å². The van der Waals surface area contributed by atoms with E-state index in [0.29, 0.717) is 6.04 Å². The minimum absolute atomic E-state index is 0.0127. The molecule has 0 aliphatic carbocycles. The average molecular weight is 142 g/mol. The first-order valence-corrected chi connectivity index (χ1v) is 3.97. The Bertz CT molecular complexity index is 140. The summed E-state index contributed by atoms with van der Waals surface area (Å²) >= 11 is 0. The molecule has 0 saturated carbocycles. The van der Waals surface area contributed by atoms with Crippen molar-refractivity contribution in [1.82, 2.24) is 5.32 Å². The fourth-order valence-electron chi connectivity index (χ4n) is 2.07. The number of hydrogen-bond donors (Lipinski definition) is 3. The highest BCUT2D eigenvalue weighted by Crippen LogP contribution is 2.25. The highest BCUT2D eigenvalue weighted by Gasteiger charge is 2.38. The molecule has 2 aliphatic heterocycles. The van der Waals surface area contributed by atoms with Gasteiger partial charge in [0.1, 0.15) is 0 Å². The van der Waals surface area contributed by atoms with Crippen LogP contribution in [-0.2, 0) is 0 Å². The lowest BCUT2D eigenvalue weighted by atomic mass is 9.98. The van der Waals surface area contributed by atoms with E-state index in [1.807, 2.05) is 0 Å². The van der Waals surface area contributed by atoms with E-state index in [9.17, 15) is 5.11 Å². The number of aliphatic hydroxyl groups is 1. The van der Waals surface area contributed by atoms with Crippen LogP contribution in [0.15, 0.2) is 0 Å². The summed E-state index contributed by atoms with van der Waals surface area (Å²) < 4.78 is 0. The Balaban J connectivity index is 2.09. The standard InChI is InChI=1S/C7H14N2O/c8-5-3-4-1-2-6(9-4)7(5)10/h4-7,9-10H,1-3,8H2. The number of nitrogens with two attached hydrogens (primary N) is 1. The van der Waals surface area contributed by atoms with Crippen LogP contribution in [0.1, 0.15) is 19.3 Å². The van der Waals surface area contributed by atoms with Gasteiger partial charge in [-0.1, -0.05) is 0 Å². The van der Waals surface area contributed by atoms with E-state index in [1.54, 1.807) is 0 Å². The maximum Gasteiger partial charge on any atom is 0.0844 e. The van der Waals surface area contributed by atoms with Crippen LogP contribution in [0.3, 0.4) is 0 Å². The van der Waals surface area contributed by atoms with Crippen molar-refractivity contribution in [1.29, 1.82) is 0 Å². The summed E-state index contributed by atoms with van der Waals surface area (Å²) in [6, 6.07) is 0.885. The molecule has 0 aromatic carbocycles. The summed E-state index contributed by atoms with van der Waals surface area (Å²) in [6.45, 7) is 0. The van der Waals surface area contributed by atoms with E-state index in [0.717, 1.165) is 12.8 Å². The number of nitrogens with one attached hydrogen (secondary N) is 1. The zero-order valence-corrected chi connectivity index (χ0v) is 5.96. The second-order valence-electron chi connectivity index (χ2n) is 3.44. The Hall–Kier alpha value is -0.120. The fourth-order valence-corrected chi connectivity index (χ4v) is 2.07. The summed E-state index contributed by atoms with van der Waals surface area (Å²) in [7, 11) is 0. The third-order valence-corrected chi connectivity index (χ3v) is 2.68. The molecule has 0 spiro atoms. The van der Waals surface area contributed by atoms with E-state index < -0.39 is 0 Å². The van der Waals surface area contributed by atoms with Crippen LogP contribution in [0.25, 0.3) is 0 Å². The first kappa shape index (κ1) is 6.58. The first-order valence-electron chi connectivity index (χ1n) is 3.97. The number of fused-ring (bicyclic) bond motifs is 2. The van der Waals surface area contributed by atoms with Crippen LogP contribution in [-0.4, -0.2) is 29.3 Å². The maximum absolute atomic E-state index is 9.48. The number of aliphatic hydroxyl groups excluding tert-OH is 1. The van der Waals surface area contributed by atoms with Crippen molar-refractivity contribution in [3.63, 3.8) is 0 Å². The van der Waals surface area contributed by atoms with Crippen molar-refractivity contribution in [2.24, 2.45) is 5.73 Å². The van der Waals surface area contributed by atoms with Gasteiger partial charge < -0.3 is 16.2 Å². The maximum atomic E-state index is 9.48. The Morgan fingerprint density at radius 1 is 1.40 bits per heavy atom. The molecule has 0 radical (unpaired) electrons.